The van der Waals surface area contributed by atoms with Crippen LogP contribution in [0.25, 0.3) is 28.0 Å². The van der Waals surface area contributed by atoms with Crippen LogP contribution >= 0.6 is 11.6 Å². The predicted molar refractivity (Wildman–Crippen MR) is 177 cm³/mol. The minimum Gasteiger partial charge on any atom is -0.478 e. The molecule has 1 aliphatic rings. The number of aryl methyl sites for hydroxylation is 1. The summed E-state index contributed by atoms with van der Waals surface area (Å²) in [6, 6.07) is 12.5. The Balaban J connectivity index is 1.42. The van der Waals surface area contributed by atoms with Crippen molar-refractivity contribution in [3.05, 3.63) is 105 Å². The van der Waals surface area contributed by atoms with Crippen molar-refractivity contribution in [3.63, 3.8) is 0 Å². The second-order valence-corrected chi connectivity index (χ2v) is 12.4. The van der Waals surface area contributed by atoms with Gasteiger partial charge in [0, 0.05) is 37.4 Å². The molecular weight excluding hydrogens is 645 g/mol. The number of nitrogens with zero attached hydrogens (tertiary/aromatic N) is 6. The number of benzene rings is 2. The molecule has 3 aromatic heterocycles. The highest BCUT2D eigenvalue weighted by Crippen LogP contribution is 2.36. The highest BCUT2D eigenvalue weighted by atomic mass is 35.5. The normalized spacial score (nSPS) is 15.0. The molecule has 1 aliphatic heterocycles. The molecule has 0 bridgehead atoms. The maximum absolute atomic E-state index is 15.0. The first-order chi connectivity index (χ1) is 23.0. The number of hydrogen-bond acceptors (Lipinski definition) is 7. The SMILES string of the molecule is Cc1ccnc(C(C)C)c1-n1c(=O)nc(N2CCN(C(=O)COc3c(F)cccc3F)C[C@@H]2C)c2cc(Cl)c(-c3ccccc3F)nc21. The van der Waals surface area contributed by atoms with Crippen molar-refractivity contribution in [3.8, 4) is 22.7 Å². The van der Waals surface area contributed by atoms with E-state index >= 15 is 4.39 Å². The smallest absolute Gasteiger partial charge is 0.355 e. The minimum atomic E-state index is -0.902. The molecule has 6 rings (SSSR count). The number of halogens is 4. The summed E-state index contributed by atoms with van der Waals surface area (Å²) in [6.45, 7) is 7.80. The van der Waals surface area contributed by atoms with E-state index in [4.69, 9.17) is 21.3 Å². The van der Waals surface area contributed by atoms with Crippen molar-refractivity contribution in [2.75, 3.05) is 31.1 Å². The van der Waals surface area contributed by atoms with E-state index in [9.17, 15) is 18.4 Å². The molecule has 0 unspecified atom stereocenters. The number of rotatable bonds is 7. The third kappa shape index (κ3) is 6.08. The molecule has 1 saturated heterocycles. The van der Waals surface area contributed by atoms with Crippen LogP contribution in [-0.2, 0) is 4.79 Å². The van der Waals surface area contributed by atoms with Crippen LogP contribution < -0.4 is 15.3 Å². The maximum Gasteiger partial charge on any atom is 0.355 e. The highest BCUT2D eigenvalue weighted by Gasteiger charge is 2.31. The molecule has 0 aliphatic carbocycles. The summed E-state index contributed by atoms with van der Waals surface area (Å²) in [5, 5.41) is 0.606. The molecule has 1 atom stereocenters. The average Bonchev–Trinajstić information content (AvgIpc) is 3.04. The van der Waals surface area contributed by atoms with Crippen molar-refractivity contribution in [2.24, 2.45) is 0 Å². The van der Waals surface area contributed by atoms with Crippen LogP contribution in [0.15, 0.2) is 65.6 Å². The molecule has 2 aromatic carbocycles. The van der Waals surface area contributed by atoms with Gasteiger partial charge in [0.2, 0.25) is 0 Å². The molecule has 9 nitrogen and oxygen atoms in total. The molecule has 1 fully saturated rings. The third-order valence-electron chi connectivity index (χ3n) is 8.37. The molecule has 48 heavy (non-hydrogen) atoms. The van der Waals surface area contributed by atoms with Gasteiger partial charge in [-0.05, 0) is 61.7 Å². The van der Waals surface area contributed by atoms with E-state index < -0.39 is 41.4 Å². The molecule has 0 radical (unpaired) electrons. The zero-order chi connectivity index (χ0) is 34.3. The van der Waals surface area contributed by atoms with Crippen molar-refractivity contribution < 1.29 is 22.7 Å². The summed E-state index contributed by atoms with van der Waals surface area (Å²) >= 11 is 6.79. The van der Waals surface area contributed by atoms with Crippen LogP contribution in [0.3, 0.4) is 0 Å². The number of carbonyl (C=O) groups excluding carboxylic acids is 1. The number of pyridine rings is 2. The fourth-order valence-electron chi connectivity index (χ4n) is 6.00. The van der Waals surface area contributed by atoms with Crippen molar-refractivity contribution in [2.45, 2.75) is 39.7 Å². The van der Waals surface area contributed by atoms with E-state index in [2.05, 4.69) is 9.97 Å². The summed E-state index contributed by atoms with van der Waals surface area (Å²) in [4.78, 5) is 44.5. The number of amides is 1. The number of carbonyl (C=O) groups is 1. The van der Waals surface area contributed by atoms with Gasteiger partial charge in [-0.3, -0.25) is 9.78 Å². The van der Waals surface area contributed by atoms with Crippen LogP contribution in [0.1, 0.15) is 37.9 Å². The summed E-state index contributed by atoms with van der Waals surface area (Å²) in [7, 11) is 0. The van der Waals surface area contributed by atoms with Crippen molar-refractivity contribution >= 4 is 34.4 Å². The number of anilines is 1. The van der Waals surface area contributed by atoms with Gasteiger partial charge in [0.05, 0.1) is 27.5 Å². The Kier molecular flexibility index (Phi) is 9.11. The lowest BCUT2D eigenvalue weighted by Crippen LogP contribution is -2.55. The Morgan fingerprint density at radius 3 is 2.42 bits per heavy atom. The largest absolute Gasteiger partial charge is 0.478 e. The van der Waals surface area contributed by atoms with Crippen LogP contribution in [0.2, 0.25) is 5.02 Å². The quantitative estimate of drug-likeness (QED) is 0.195. The molecule has 13 heteroatoms. The van der Waals surface area contributed by atoms with Gasteiger partial charge in [0.1, 0.15) is 11.6 Å². The van der Waals surface area contributed by atoms with Gasteiger partial charge >= 0.3 is 5.69 Å². The fraction of sp³-hybridized carbons (Fsp3) is 0.286. The van der Waals surface area contributed by atoms with Gasteiger partial charge in [-0.15, -0.1) is 0 Å². The zero-order valence-electron chi connectivity index (χ0n) is 26.7. The summed E-state index contributed by atoms with van der Waals surface area (Å²) < 4.78 is 49.7. The molecule has 0 spiro atoms. The second kappa shape index (κ2) is 13.3. The van der Waals surface area contributed by atoms with Crippen LogP contribution in [-0.4, -0.2) is 62.6 Å². The first-order valence-corrected chi connectivity index (χ1v) is 15.8. The number of piperazine rings is 1. The van der Waals surface area contributed by atoms with Gasteiger partial charge in [-0.2, -0.15) is 4.98 Å². The van der Waals surface area contributed by atoms with Crippen molar-refractivity contribution in [1.29, 1.82) is 0 Å². The third-order valence-corrected chi connectivity index (χ3v) is 8.65. The second-order valence-electron chi connectivity index (χ2n) is 12.0. The Morgan fingerprint density at radius 2 is 1.73 bits per heavy atom. The monoisotopic (exact) mass is 676 g/mol. The number of aromatic nitrogens is 4. The lowest BCUT2D eigenvalue weighted by atomic mass is 10.0. The first kappa shape index (κ1) is 33.0. The molecule has 1 amide bonds. The Hall–Kier alpha value is -4.97. The van der Waals surface area contributed by atoms with E-state index in [0.29, 0.717) is 22.6 Å². The standard InChI is InChI=1S/C35H32ClF3N6O3/c1-19(2)29-31(20(3)12-13-40-29)45-34-23(16-24(36)30(41-34)22-8-5-6-9-25(22)37)33(42-35(45)47)44-15-14-43(17-21(44)4)28(46)18-48-32-26(38)10-7-11-27(32)39/h5-13,16,19,21H,14-15,17-18H2,1-4H3/t21-/m0/s1. The van der Waals surface area contributed by atoms with E-state index in [1.165, 1.54) is 21.6 Å². The first-order valence-electron chi connectivity index (χ1n) is 15.4. The molecule has 248 valence electrons. The minimum absolute atomic E-state index is 0.0515. The molecule has 4 heterocycles. The van der Waals surface area contributed by atoms with E-state index in [0.717, 1.165) is 17.7 Å². The highest BCUT2D eigenvalue weighted by molar-refractivity contribution is 6.33. The fourth-order valence-corrected chi connectivity index (χ4v) is 6.25. The molecule has 0 saturated carbocycles. The van der Waals surface area contributed by atoms with Gasteiger partial charge in [0.25, 0.3) is 5.91 Å². The van der Waals surface area contributed by atoms with Crippen LogP contribution in [0.4, 0.5) is 19.0 Å². The average molecular weight is 677 g/mol. The van der Waals surface area contributed by atoms with Crippen molar-refractivity contribution in [1.82, 2.24) is 24.4 Å². The van der Waals surface area contributed by atoms with Crippen LogP contribution in [0.5, 0.6) is 5.75 Å². The number of hydrogen-bond donors (Lipinski definition) is 0. The Labute approximate surface area is 279 Å². The van der Waals surface area contributed by atoms with Gasteiger partial charge in [0.15, 0.2) is 29.6 Å². The molecule has 5 aromatic rings. The number of ether oxygens (including phenoxy) is 1. The lowest BCUT2D eigenvalue weighted by Gasteiger charge is -2.40. The Morgan fingerprint density at radius 1 is 1.02 bits per heavy atom. The van der Waals surface area contributed by atoms with E-state index in [1.54, 1.807) is 36.5 Å². The number of para-hydroxylation sites is 1. The van der Waals surface area contributed by atoms with E-state index in [-0.39, 0.29) is 53.5 Å². The molecular formula is C35H32ClF3N6O3. The maximum atomic E-state index is 15.0. The van der Waals surface area contributed by atoms with Crippen LogP contribution in [0, 0.1) is 24.4 Å². The summed E-state index contributed by atoms with van der Waals surface area (Å²) in [5.74, 6) is -3.14. The van der Waals surface area contributed by atoms with Gasteiger partial charge < -0.3 is 14.5 Å². The van der Waals surface area contributed by atoms with Gasteiger partial charge in [-0.25, -0.2) is 27.5 Å². The zero-order valence-corrected chi connectivity index (χ0v) is 27.4. The summed E-state index contributed by atoms with van der Waals surface area (Å²) in [6.07, 6.45) is 1.68. The topological polar surface area (TPSA) is 93.5 Å². The summed E-state index contributed by atoms with van der Waals surface area (Å²) in [5.41, 5.74) is 1.91. The molecule has 0 N–H and O–H groups in total. The number of fused-ring (bicyclic) bond motifs is 1. The lowest BCUT2D eigenvalue weighted by molar-refractivity contribution is -0.134. The van der Waals surface area contributed by atoms with E-state index in [1.807, 2.05) is 32.6 Å². The predicted octanol–water partition coefficient (Wildman–Crippen LogP) is 6.46. The Bertz CT molecular complexity index is 2090. The van der Waals surface area contributed by atoms with Gasteiger partial charge in [-0.1, -0.05) is 43.6 Å².